The number of hydrogen-bond donors (Lipinski definition) is 0. The number of amides is 1. The van der Waals surface area contributed by atoms with E-state index in [4.69, 9.17) is 9.47 Å². The molecule has 1 aliphatic heterocycles. The van der Waals surface area contributed by atoms with Gasteiger partial charge < -0.3 is 14.4 Å². The lowest BCUT2D eigenvalue weighted by Crippen LogP contribution is -2.40. The first-order valence-corrected chi connectivity index (χ1v) is 9.36. The van der Waals surface area contributed by atoms with Gasteiger partial charge in [-0.15, -0.1) is 0 Å². The van der Waals surface area contributed by atoms with Crippen LogP contribution in [0.5, 0.6) is 11.5 Å². The van der Waals surface area contributed by atoms with Crippen LogP contribution in [-0.4, -0.2) is 37.1 Å². The normalized spacial score (nSPS) is 14.9. The molecule has 26 heavy (non-hydrogen) atoms. The molecule has 0 spiro atoms. The smallest absolute Gasteiger partial charge is 0.225 e. The van der Waals surface area contributed by atoms with Crippen molar-refractivity contribution in [3.8, 4) is 11.5 Å². The lowest BCUT2D eigenvalue weighted by molar-refractivity contribution is -0.133. The van der Waals surface area contributed by atoms with Crippen LogP contribution in [0.25, 0.3) is 0 Å². The summed E-state index contributed by atoms with van der Waals surface area (Å²) in [4.78, 5) is 14.3. The zero-order valence-corrected chi connectivity index (χ0v) is 15.4. The highest BCUT2D eigenvalue weighted by molar-refractivity contribution is 5.76. The van der Waals surface area contributed by atoms with Gasteiger partial charge >= 0.3 is 0 Å². The molecule has 1 amide bonds. The van der Waals surface area contributed by atoms with Crippen molar-refractivity contribution in [1.82, 2.24) is 4.90 Å². The Kier molecular flexibility index (Phi) is 6.53. The molecule has 0 radical (unpaired) electrons. The number of piperidine rings is 1. The van der Waals surface area contributed by atoms with Crippen molar-refractivity contribution in [2.75, 3.05) is 26.3 Å². The van der Waals surface area contributed by atoms with E-state index in [1.54, 1.807) is 0 Å². The van der Waals surface area contributed by atoms with Crippen LogP contribution >= 0.6 is 0 Å². The van der Waals surface area contributed by atoms with Crippen molar-refractivity contribution >= 4 is 5.91 Å². The summed E-state index contributed by atoms with van der Waals surface area (Å²) in [6.45, 7) is 4.84. The van der Waals surface area contributed by atoms with Gasteiger partial charge in [0.2, 0.25) is 5.91 Å². The molecule has 4 heteroatoms. The summed E-state index contributed by atoms with van der Waals surface area (Å²) in [6.07, 6.45) is 2.42. The highest BCUT2D eigenvalue weighted by Gasteiger charge is 2.23. The van der Waals surface area contributed by atoms with Gasteiger partial charge in [-0.05, 0) is 49.4 Å². The minimum Gasteiger partial charge on any atom is -0.493 e. The Hall–Kier alpha value is -2.49. The number of nitrogens with zero attached hydrogens (tertiary/aromatic N) is 1. The van der Waals surface area contributed by atoms with Crippen molar-refractivity contribution in [2.45, 2.75) is 26.2 Å². The molecule has 0 atom stereocenters. The lowest BCUT2D eigenvalue weighted by atomic mass is 9.97. The summed E-state index contributed by atoms with van der Waals surface area (Å²) in [5.41, 5.74) is 1.17. The maximum absolute atomic E-state index is 12.3. The minimum atomic E-state index is 0.180. The standard InChI is InChI=1S/C22H27NO3/c1-18-7-5-6-10-21(18)26-17-19-11-14-23(15-12-19)22(24)13-16-25-20-8-3-2-4-9-20/h2-10,19H,11-17H2,1H3. The highest BCUT2D eigenvalue weighted by atomic mass is 16.5. The van der Waals surface area contributed by atoms with E-state index in [-0.39, 0.29) is 5.91 Å². The van der Waals surface area contributed by atoms with E-state index in [1.807, 2.05) is 53.4 Å². The molecule has 1 saturated heterocycles. The van der Waals surface area contributed by atoms with E-state index in [9.17, 15) is 4.79 Å². The first-order valence-electron chi connectivity index (χ1n) is 9.36. The monoisotopic (exact) mass is 353 g/mol. The molecule has 0 aromatic heterocycles. The molecule has 1 heterocycles. The number of benzene rings is 2. The van der Waals surface area contributed by atoms with Crippen LogP contribution in [0, 0.1) is 12.8 Å². The van der Waals surface area contributed by atoms with Crippen LogP contribution in [0.2, 0.25) is 0 Å². The van der Waals surface area contributed by atoms with Gasteiger partial charge in [0, 0.05) is 13.1 Å². The molecule has 3 rings (SSSR count). The first kappa shape index (κ1) is 18.3. The predicted octanol–water partition coefficient (Wildman–Crippen LogP) is 4.08. The average Bonchev–Trinajstić information content (AvgIpc) is 2.68. The van der Waals surface area contributed by atoms with Crippen LogP contribution in [-0.2, 0) is 4.79 Å². The van der Waals surface area contributed by atoms with Crippen LogP contribution in [0.1, 0.15) is 24.8 Å². The molecular formula is C22H27NO3. The Balaban J connectivity index is 1.35. The number of hydrogen-bond acceptors (Lipinski definition) is 3. The van der Waals surface area contributed by atoms with E-state index in [0.717, 1.165) is 44.0 Å². The molecule has 0 N–H and O–H groups in total. The summed E-state index contributed by atoms with van der Waals surface area (Å²) in [5, 5.41) is 0. The summed E-state index contributed by atoms with van der Waals surface area (Å²) >= 11 is 0. The van der Waals surface area contributed by atoms with Crippen molar-refractivity contribution in [2.24, 2.45) is 5.92 Å². The SMILES string of the molecule is Cc1ccccc1OCC1CCN(C(=O)CCOc2ccccc2)CC1. The molecule has 0 unspecified atom stereocenters. The maximum atomic E-state index is 12.3. The molecular weight excluding hydrogens is 326 g/mol. The second-order valence-corrected chi connectivity index (χ2v) is 6.81. The summed E-state index contributed by atoms with van der Waals surface area (Å²) in [7, 11) is 0. The van der Waals surface area contributed by atoms with Gasteiger partial charge in [-0.1, -0.05) is 36.4 Å². The Morgan fingerprint density at radius 1 is 1.00 bits per heavy atom. The van der Waals surface area contributed by atoms with Crippen LogP contribution in [0.15, 0.2) is 54.6 Å². The quantitative estimate of drug-likeness (QED) is 0.753. The lowest BCUT2D eigenvalue weighted by Gasteiger charge is -2.32. The Bertz CT molecular complexity index is 694. The number of aryl methyl sites for hydroxylation is 1. The number of ether oxygens (including phenoxy) is 2. The van der Waals surface area contributed by atoms with Crippen molar-refractivity contribution < 1.29 is 14.3 Å². The van der Waals surface area contributed by atoms with Crippen LogP contribution in [0.4, 0.5) is 0 Å². The molecule has 138 valence electrons. The van der Waals surface area contributed by atoms with Gasteiger partial charge in [0.15, 0.2) is 0 Å². The maximum Gasteiger partial charge on any atom is 0.225 e. The predicted molar refractivity (Wildman–Crippen MR) is 103 cm³/mol. The minimum absolute atomic E-state index is 0.180. The fourth-order valence-corrected chi connectivity index (χ4v) is 3.21. The van der Waals surface area contributed by atoms with Gasteiger partial charge in [0.1, 0.15) is 11.5 Å². The summed E-state index contributed by atoms with van der Waals surface area (Å²) < 4.78 is 11.6. The molecule has 2 aromatic carbocycles. The molecule has 0 aliphatic carbocycles. The number of para-hydroxylation sites is 2. The number of likely N-dealkylation sites (tertiary alicyclic amines) is 1. The Labute approximate surface area is 155 Å². The topological polar surface area (TPSA) is 38.8 Å². The van der Waals surface area contributed by atoms with Crippen molar-refractivity contribution in [1.29, 1.82) is 0 Å². The van der Waals surface area contributed by atoms with E-state index in [2.05, 4.69) is 13.0 Å². The van der Waals surface area contributed by atoms with Gasteiger partial charge in [-0.2, -0.15) is 0 Å². The average molecular weight is 353 g/mol. The van der Waals surface area contributed by atoms with Crippen molar-refractivity contribution in [3.63, 3.8) is 0 Å². The largest absolute Gasteiger partial charge is 0.493 e. The van der Waals surface area contributed by atoms with Gasteiger partial charge in [0.25, 0.3) is 0 Å². The second kappa shape index (κ2) is 9.27. The molecule has 0 saturated carbocycles. The fraction of sp³-hybridized carbons (Fsp3) is 0.409. The van der Waals surface area contributed by atoms with Gasteiger partial charge in [-0.3, -0.25) is 4.79 Å². The van der Waals surface area contributed by atoms with Gasteiger partial charge in [0.05, 0.1) is 19.6 Å². The summed E-state index contributed by atoms with van der Waals surface area (Å²) in [6, 6.07) is 17.7. The fourth-order valence-electron chi connectivity index (χ4n) is 3.21. The molecule has 4 nitrogen and oxygen atoms in total. The highest BCUT2D eigenvalue weighted by Crippen LogP contribution is 2.22. The number of rotatable bonds is 7. The number of carbonyl (C=O) groups excluding carboxylic acids is 1. The number of carbonyl (C=O) groups is 1. The molecule has 1 fully saturated rings. The first-order chi connectivity index (χ1) is 12.7. The second-order valence-electron chi connectivity index (χ2n) is 6.81. The van der Waals surface area contributed by atoms with E-state index >= 15 is 0 Å². The summed E-state index contributed by atoms with van der Waals surface area (Å²) in [5.74, 6) is 2.47. The van der Waals surface area contributed by atoms with Crippen LogP contribution < -0.4 is 9.47 Å². The van der Waals surface area contributed by atoms with Crippen molar-refractivity contribution in [3.05, 3.63) is 60.2 Å². The zero-order chi connectivity index (χ0) is 18.2. The third-order valence-corrected chi connectivity index (χ3v) is 4.86. The Morgan fingerprint density at radius 3 is 2.42 bits per heavy atom. The third-order valence-electron chi connectivity index (χ3n) is 4.86. The Morgan fingerprint density at radius 2 is 1.69 bits per heavy atom. The molecule has 2 aromatic rings. The van der Waals surface area contributed by atoms with E-state index in [0.29, 0.717) is 18.9 Å². The van der Waals surface area contributed by atoms with E-state index < -0.39 is 0 Å². The zero-order valence-electron chi connectivity index (χ0n) is 15.4. The third kappa shape index (κ3) is 5.25. The van der Waals surface area contributed by atoms with E-state index in [1.165, 1.54) is 5.56 Å². The van der Waals surface area contributed by atoms with Crippen LogP contribution in [0.3, 0.4) is 0 Å². The van der Waals surface area contributed by atoms with Gasteiger partial charge in [-0.25, -0.2) is 0 Å². The molecule has 1 aliphatic rings. The molecule has 0 bridgehead atoms.